The van der Waals surface area contributed by atoms with Crippen LogP contribution in [-0.2, 0) is 11.2 Å². The standard InChI is InChI=1S/C21H34FN3O/c1-4-24(5-2)17-21(26)23(3)16-18-10-13-25(14-11-18)15-12-19-8-6-7-9-20(19)22/h6-9,18H,4-5,10-17H2,1-3H3. The normalized spacial score (nSPS) is 16.2. The summed E-state index contributed by atoms with van der Waals surface area (Å²) < 4.78 is 13.7. The van der Waals surface area contributed by atoms with Gasteiger partial charge in [0.1, 0.15) is 5.82 Å². The topological polar surface area (TPSA) is 26.8 Å². The molecule has 1 amide bonds. The van der Waals surface area contributed by atoms with Gasteiger partial charge in [0.2, 0.25) is 5.91 Å². The van der Waals surface area contributed by atoms with Crippen LogP contribution in [0.1, 0.15) is 32.3 Å². The summed E-state index contributed by atoms with van der Waals surface area (Å²) in [7, 11) is 1.93. The Hall–Kier alpha value is -1.46. The Morgan fingerprint density at radius 1 is 1.19 bits per heavy atom. The molecular weight excluding hydrogens is 329 g/mol. The number of hydrogen-bond acceptors (Lipinski definition) is 3. The lowest BCUT2D eigenvalue weighted by atomic mass is 9.96. The van der Waals surface area contributed by atoms with E-state index in [2.05, 4.69) is 23.6 Å². The number of carbonyl (C=O) groups is 1. The molecule has 1 heterocycles. The van der Waals surface area contributed by atoms with E-state index in [9.17, 15) is 9.18 Å². The second-order valence-corrected chi connectivity index (χ2v) is 7.36. The van der Waals surface area contributed by atoms with Gasteiger partial charge in [0.25, 0.3) is 0 Å². The number of amides is 1. The van der Waals surface area contributed by atoms with Crippen molar-refractivity contribution in [1.29, 1.82) is 0 Å². The van der Waals surface area contributed by atoms with Gasteiger partial charge in [-0.15, -0.1) is 0 Å². The summed E-state index contributed by atoms with van der Waals surface area (Å²) in [6.45, 7) is 10.4. The van der Waals surface area contributed by atoms with E-state index in [0.717, 1.165) is 64.1 Å². The van der Waals surface area contributed by atoms with E-state index >= 15 is 0 Å². The highest BCUT2D eigenvalue weighted by molar-refractivity contribution is 5.78. The number of rotatable bonds is 9. The molecule has 1 aromatic carbocycles. The largest absolute Gasteiger partial charge is 0.344 e. The summed E-state index contributed by atoms with van der Waals surface area (Å²) >= 11 is 0. The second-order valence-electron chi connectivity index (χ2n) is 7.36. The van der Waals surface area contributed by atoms with Crippen LogP contribution in [0.2, 0.25) is 0 Å². The molecule has 0 unspecified atom stereocenters. The fraction of sp³-hybridized carbons (Fsp3) is 0.667. The molecule has 5 heteroatoms. The molecule has 0 atom stereocenters. The summed E-state index contributed by atoms with van der Waals surface area (Å²) in [5.74, 6) is 0.691. The first-order valence-electron chi connectivity index (χ1n) is 9.95. The van der Waals surface area contributed by atoms with Crippen LogP contribution in [0.25, 0.3) is 0 Å². The number of carbonyl (C=O) groups excluding carboxylic acids is 1. The SMILES string of the molecule is CCN(CC)CC(=O)N(C)CC1CCN(CCc2ccccc2F)CC1. The predicted octanol–water partition coefficient (Wildman–Crippen LogP) is 2.88. The minimum atomic E-state index is -0.101. The van der Waals surface area contributed by atoms with E-state index in [1.165, 1.54) is 6.07 Å². The fourth-order valence-electron chi connectivity index (χ4n) is 3.62. The van der Waals surface area contributed by atoms with Crippen molar-refractivity contribution in [3.8, 4) is 0 Å². The number of hydrogen-bond donors (Lipinski definition) is 0. The number of likely N-dealkylation sites (N-methyl/N-ethyl adjacent to an activating group) is 2. The van der Waals surface area contributed by atoms with E-state index < -0.39 is 0 Å². The molecule has 0 saturated carbocycles. The van der Waals surface area contributed by atoms with Crippen LogP contribution >= 0.6 is 0 Å². The third-order valence-electron chi connectivity index (χ3n) is 5.57. The smallest absolute Gasteiger partial charge is 0.236 e. The minimum Gasteiger partial charge on any atom is -0.344 e. The zero-order chi connectivity index (χ0) is 18.9. The zero-order valence-corrected chi connectivity index (χ0v) is 16.6. The van der Waals surface area contributed by atoms with Gasteiger partial charge in [-0.05, 0) is 63.0 Å². The number of nitrogens with zero attached hydrogens (tertiary/aromatic N) is 3. The first kappa shape index (κ1) is 20.8. The molecule has 1 aliphatic rings. The zero-order valence-electron chi connectivity index (χ0n) is 16.6. The van der Waals surface area contributed by atoms with Crippen molar-refractivity contribution in [2.24, 2.45) is 5.92 Å². The summed E-state index contributed by atoms with van der Waals surface area (Å²) in [6.07, 6.45) is 2.99. The molecule has 0 aliphatic carbocycles. The van der Waals surface area contributed by atoms with Crippen molar-refractivity contribution in [3.63, 3.8) is 0 Å². The van der Waals surface area contributed by atoms with Gasteiger partial charge in [-0.25, -0.2) is 4.39 Å². The lowest BCUT2D eigenvalue weighted by Crippen LogP contribution is -2.43. The lowest BCUT2D eigenvalue weighted by Gasteiger charge is -2.34. The van der Waals surface area contributed by atoms with E-state index in [1.54, 1.807) is 6.07 Å². The Kier molecular flexibility index (Phi) is 8.52. The molecule has 0 N–H and O–H groups in total. The Morgan fingerprint density at radius 3 is 2.46 bits per heavy atom. The van der Waals surface area contributed by atoms with Crippen molar-refractivity contribution in [1.82, 2.24) is 14.7 Å². The second kappa shape index (κ2) is 10.6. The van der Waals surface area contributed by atoms with Crippen molar-refractivity contribution in [2.75, 3.05) is 52.9 Å². The van der Waals surface area contributed by atoms with Crippen LogP contribution in [0.3, 0.4) is 0 Å². The molecule has 0 aromatic heterocycles. The Labute approximate surface area is 158 Å². The maximum Gasteiger partial charge on any atom is 0.236 e. The molecule has 1 aliphatic heterocycles. The van der Waals surface area contributed by atoms with Crippen LogP contribution in [0, 0.1) is 11.7 Å². The molecule has 0 bridgehead atoms. The van der Waals surface area contributed by atoms with Gasteiger partial charge in [-0.3, -0.25) is 9.69 Å². The molecule has 0 radical (unpaired) electrons. The molecule has 146 valence electrons. The van der Waals surface area contributed by atoms with Crippen LogP contribution in [-0.4, -0.2) is 73.5 Å². The predicted molar refractivity (Wildman–Crippen MR) is 105 cm³/mol. The van der Waals surface area contributed by atoms with Crippen molar-refractivity contribution >= 4 is 5.91 Å². The number of benzene rings is 1. The molecule has 26 heavy (non-hydrogen) atoms. The van der Waals surface area contributed by atoms with E-state index in [4.69, 9.17) is 0 Å². The van der Waals surface area contributed by atoms with Crippen molar-refractivity contribution in [3.05, 3.63) is 35.6 Å². The van der Waals surface area contributed by atoms with Crippen LogP contribution in [0.15, 0.2) is 24.3 Å². The number of likely N-dealkylation sites (tertiary alicyclic amines) is 1. The molecule has 0 spiro atoms. The number of halogens is 1. The summed E-state index contributed by atoms with van der Waals surface area (Å²) in [4.78, 5) is 18.8. The maximum absolute atomic E-state index is 13.7. The minimum absolute atomic E-state index is 0.101. The van der Waals surface area contributed by atoms with Crippen LogP contribution in [0.5, 0.6) is 0 Å². The Bertz CT molecular complexity index is 554. The number of piperidine rings is 1. The summed E-state index contributed by atoms with van der Waals surface area (Å²) in [6, 6.07) is 7.04. The van der Waals surface area contributed by atoms with Crippen LogP contribution in [0.4, 0.5) is 4.39 Å². The molecule has 2 rings (SSSR count). The molecule has 1 aromatic rings. The maximum atomic E-state index is 13.7. The molecule has 1 fully saturated rings. The molecule has 4 nitrogen and oxygen atoms in total. The molecule has 1 saturated heterocycles. The van der Waals surface area contributed by atoms with Gasteiger partial charge in [0.05, 0.1) is 6.54 Å². The highest BCUT2D eigenvalue weighted by atomic mass is 19.1. The first-order chi connectivity index (χ1) is 12.5. The van der Waals surface area contributed by atoms with E-state index in [1.807, 2.05) is 24.1 Å². The fourth-order valence-corrected chi connectivity index (χ4v) is 3.62. The average molecular weight is 364 g/mol. The van der Waals surface area contributed by atoms with Gasteiger partial charge >= 0.3 is 0 Å². The van der Waals surface area contributed by atoms with Gasteiger partial charge < -0.3 is 9.80 Å². The van der Waals surface area contributed by atoms with Gasteiger partial charge in [0, 0.05) is 20.1 Å². The van der Waals surface area contributed by atoms with E-state index in [-0.39, 0.29) is 11.7 Å². The Balaban J connectivity index is 1.69. The summed E-state index contributed by atoms with van der Waals surface area (Å²) in [5, 5.41) is 0. The Morgan fingerprint density at radius 2 is 1.85 bits per heavy atom. The van der Waals surface area contributed by atoms with Crippen LogP contribution < -0.4 is 0 Å². The third kappa shape index (κ3) is 6.36. The summed E-state index contributed by atoms with van der Waals surface area (Å²) in [5.41, 5.74) is 0.802. The van der Waals surface area contributed by atoms with E-state index in [0.29, 0.717) is 12.5 Å². The lowest BCUT2D eigenvalue weighted by molar-refractivity contribution is -0.131. The molecular formula is C21H34FN3O. The van der Waals surface area contributed by atoms with Gasteiger partial charge in [-0.1, -0.05) is 32.0 Å². The van der Waals surface area contributed by atoms with Gasteiger partial charge in [-0.2, -0.15) is 0 Å². The highest BCUT2D eigenvalue weighted by Gasteiger charge is 2.22. The van der Waals surface area contributed by atoms with Gasteiger partial charge in [0.15, 0.2) is 0 Å². The average Bonchev–Trinajstić information content (AvgIpc) is 2.66. The van der Waals surface area contributed by atoms with Crippen molar-refractivity contribution in [2.45, 2.75) is 33.1 Å². The first-order valence-corrected chi connectivity index (χ1v) is 9.95. The quantitative estimate of drug-likeness (QED) is 0.675. The third-order valence-corrected chi connectivity index (χ3v) is 5.57. The monoisotopic (exact) mass is 363 g/mol. The van der Waals surface area contributed by atoms with Crippen molar-refractivity contribution < 1.29 is 9.18 Å². The highest BCUT2D eigenvalue weighted by Crippen LogP contribution is 2.19.